The lowest BCUT2D eigenvalue weighted by atomic mass is 9.84. The predicted molar refractivity (Wildman–Crippen MR) is 260 cm³/mol. The number of likely N-dealkylation sites (N-methyl/N-ethyl adjacent to an activating group) is 1. The highest BCUT2D eigenvalue weighted by molar-refractivity contribution is 5.96. The van der Waals surface area contributed by atoms with Crippen molar-refractivity contribution in [3.8, 4) is 34.0 Å². The summed E-state index contributed by atoms with van der Waals surface area (Å²) in [7, 11) is 7.23. The Hall–Kier alpha value is -6.26. The number of likely N-dealkylation sites (tertiary alicyclic amines) is 1. The summed E-state index contributed by atoms with van der Waals surface area (Å²) in [5, 5.41) is 16.7. The Balaban J connectivity index is 1.32. The van der Waals surface area contributed by atoms with Crippen LogP contribution in [0.1, 0.15) is 70.6 Å². The van der Waals surface area contributed by atoms with Crippen molar-refractivity contribution in [3.05, 3.63) is 78.0 Å². The monoisotopic (exact) mass is 933 g/mol. The van der Waals surface area contributed by atoms with Gasteiger partial charge in [0.25, 0.3) is 5.91 Å². The number of nitrogens with zero attached hydrogens (tertiary/aromatic N) is 6. The minimum atomic E-state index is -1.17. The molecule has 0 radical (unpaired) electrons. The molecule has 5 heterocycles. The normalized spacial score (nSPS) is 20.2. The van der Waals surface area contributed by atoms with Crippen molar-refractivity contribution in [2.75, 3.05) is 54.5 Å². The summed E-state index contributed by atoms with van der Waals surface area (Å²) < 4.78 is 14.3. The molecule has 4 atom stereocenters. The maximum absolute atomic E-state index is 14.7. The molecule has 6 bridgehead atoms. The molecule has 364 valence electrons. The fraction of sp³-hybridized carbons (Fsp3) is 0.500. The van der Waals surface area contributed by atoms with E-state index in [2.05, 4.69) is 65.8 Å². The lowest BCUT2D eigenvalue weighted by molar-refractivity contribution is -0.155. The van der Waals surface area contributed by atoms with Gasteiger partial charge in [0.2, 0.25) is 23.6 Å². The quantitative estimate of drug-likeness (QED) is 0.131. The van der Waals surface area contributed by atoms with Gasteiger partial charge in [-0.25, -0.2) is 10.4 Å². The number of pyridine rings is 1. The molecule has 2 aromatic carbocycles. The van der Waals surface area contributed by atoms with Crippen molar-refractivity contribution in [2.24, 2.45) is 17.3 Å². The third kappa shape index (κ3) is 10.6. The molecule has 0 aliphatic carbocycles. The van der Waals surface area contributed by atoms with Gasteiger partial charge in [0.15, 0.2) is 0 Å². The van der Waals surface area contributed by atoms with Crippen LogP contribution < -0.4 is 15.5 Å². The molecule has 7 rings (SSSR count). The third-order valence-electron chi connectivity index (χ3n) is 13.4. The molecule has 3 aliphatic rings. The molecule has 3 N–H and O–H groups in total. The number of benzene rings is 2. The van der Waals surface area contributed by atoms with Crippen LogP contribution in [0.4, 0.5) is 0 Å². The van der Waals surface area contributed by atoms with Gasteiger partial charge in [0, 0.05) is 68.7 Å². The largest absolute Gasteiger partial charge is 0.508 e. The molecule has 4 amide bonds. The van der Waals surface area contributed by atoms with E-state index < -0.39 is 47.2 Å². The molecule has 0 saturated carbocycles. The van der Waals surface area contributed by atoms with Gasteiger partial charge in [-0.2, -0.15) is 0 Å². The molecule has 0 unspecified atom stereocenters. The number of phenolic OH excluding ortho intramolecular Hbond substituents is 1. The van der Waals surface area contributed by atoms with E-state index in [1.807, 2.05) is 46.3 Å². The van der Waals surface area contributed by atoms with Gasteiger partial charge in [-0.3, -0.25) is 29.0 Å². The molecule has 68 heavy (non-hydrogen) atoms. The number of carbonyl (C=O) groups is 5. The molecule has 2 fully saturated rings. The molecule has 2 aromatic heterocycles. The van der Waals surface area contributed by atoms with E-state index in [9.17, 15) is 29.1 Å². The lowest BCUT2D eigenvalue weighted by Gasteiger charge is -2.37. The Morgan fingerprint density at radius 3 is 2.53 bits per heavy atom. The lowest BCUT2D eigenvalue weighted by Crippen LogP contribution is -2.62. The maximum atomic E-state index is 14.7. The number of nitrogens with one attached hydrogen (secondary N) is 2. The van der Waals surface area contributed by atoms with Crippen molar-refractivity contribution in [1.29, 1.82) is 0 Å². The summed E-state index contributed by atoms with van der Waals surface area (Å²) in [6, 6.07) is 10.6. The highest BCUT2D eigenvalue weighted by Gasteiger charge is 2.40. The first-order valence-corrected chi connectivity index (χ1v) is 23.7. The summed E-state index contributed by atoms with van der Waals surface area (Å²) in [6.45, 7) is 15.8. The summed E-state index contributed by atoms with van der Waals surface area (Å²) in [5.41, 5.74) is 9.51. The minimum Gasteiger partial charge on any atom is -0.508 e. The first-order chi connectivity index (χ1) is 32.3. The van der Waals surface area contributed by atoms with Gasteiger partial charge in [-0.05, 0) is 117 Å². The third-order valence-corrected chi connectivity index (χ3v) is 13.4. The fourth-order valence-corrected chi connectivity index (χ4v) is 10.2. The van der Waals surface area contributed by atoms with Crippen LogP contribution in [-0.2, 0) is 54.6 Å². The number of hydrogen-bond donors (Lipinski definition) is 3. The minimum absolute atomic E-state index is 0.0167. The van der Waals surface area contributed by atoms with Gasteiger partial charge < -0.3 is 39.2 Å². The number of aryl methyl sites for hydroxylation is 1. The fourth-order valence-electron chi connectivity index (χ4n) is 10.2. The van der Waals surface area contributed by atoms with Gasteiger partial charge in [-0.1, -0.05) is 46.4 Å². The van der Waals surface area contributed by atoms with Gasteiger partial charge >= 0.3 is 5.97 Å². The van der Waals surface area contributed by atoms with Crippen molar-refractivity contribution in [2.45, 2.75) is 97.9 Å². The maximum Gasteiger partial charge on any atom is 0.324 e. The first kappa shape index (κ1) is 49.6. The van der Waals surface area contributed by atoms with E-state index in [1.54, 1.807) is 31.2 Å². The van der Waals surface area contributed by atoms with Crippen molar-refractivity contribution < 1.29 is 38.6 Å². The number of aromatic nitrogens is 2. The van der Waals surface area contributed by atoms with Gasteiger partial charge in [0.1, 0.15) is 23.9 Å². The van der Waals surface area contributed by atoms with E-state index >= 15 is 0 Å². The van der Waals surface area contributed by atoms with Crippen LogP contribution >= 0.6 is 0 Å². The second-order valence-electron chi connectivity index (χ2n) is 20.0. The number of phenols is 1. The first-order valence-electron chi connectivity index (χ1n) is 23.7. The zero-order valence-electron chi connectivity index (χ0n) is 41.1. The number of fused-ring (bicyclic) bond motifs is 6. The Labute approximate surface area is 399 Å². The number of amides is 4. The highest BCUT2D eigenvalue weighted by Crippen LogP contribution is 2.43. The molecule has 2 saturated heterocycles. The number of aromatic hydroxyl groups is 1. The number of cyclic esters (lactones) is 1. The Bertz CT molecular complexity index is 2580. The highest BCUT2D eigenvalue weighted by atomic mass is 16.5. The predicted octanol–water partition coefficient (Wildman–Crippen LogP) is 5.33. The van der Waals surface area contributed by atoms with Crippen LogP contribution in [0, 0.1) is 17.3 Å². The van der Waals surface area contributed by atoms with Crippen molar-refractivity contribution >= 4 is 40.5 Å². The molecule has 16 nitrogen and oxygen atoms in total. The standard InChI is InChI=1S/C52H68N8O8/c1-11-44(62)58-19-17-35(29-58)49(64)57(9)45(31(3)4)47(63)54-42-23-32-20-36(24-37(61)21-32)34-15-16-43-38(25-34)40(26-52(5,6)30-68-51(66)41-14-13-18-60(55-41)50(42)65)46(59(43)12-2)39-22-33(28-56(7)8)27-53-48(39)67-10/h11,15-16,20-22,24-25,27,31,35,41-42,45,55,61H,1,12-14,17-19,23,26,28-30H2,2-10H3,(H,54,63)/t35-,41-,42-,45-/m0/s1. The average Bonchev–Trinajstić information content (AvgIpc) is 3.92. The van der Waals surface area contributed by atoms with Crippen LogP contribution in [0.25, 0.3) is 33.3 Å². The average molecular weight is 933 g/mol. The second kappa shape index (κ2) is 20.5. The topological polar surface area (TPSA) is 179 Å². The van der Waals surface area contributed by atoms with E-state index in [1.165, 1.54) is 16.0 Å². The van der Waals surface area contributed by atoms with Crippen LogP contribution in [0.15, 0.2) is 61.3 Å². The number of esters is 1. The Morgan fingerprint density at radius 2 is 1.84 bits per heavy atom. The second-order valence-corrected chi connectivity index (χ2v) is 20.0. The number of rotatable bonds is 11. The smallest absolute Gasteiger partial charge is 0.324 e. The molecule has 16 heteroatoms. The van der Waals surface area contributed by atoms with E-state index in [0.717, 1.165) is 38.9 Å². The number of hydrogen-bond acceptors (Lipinski definition) is 11. The Morgan fingerprint density at radius 1 is 1.07 bits per heavy atom. The molecular weight excluding hydrogens is 865 g/mol. The number of carbonyl (C=O) groups excluding carboxylic acids is 5. The summed E-state index contributed by atoms with van der Waals surface area (Å²) in [5.74, 6) is -2.40. The van der Waals surface area contributed by atoms with Crippen molar-refractivity contribution in [1.82, 2.24) is 40.0 Å². The number of methoxy groups -OCH3 is 1. The van der Waals surface area contributed by atoms with Crippen LogP contribution in [0.2, 0.25) is 0 Å². The van der Waals surface area contributed by atoms with Crippen molar-refractivity contribution in [3.63, 3.8) is 0 Å². The van der Waals surface area contributed by atoms with Crippen LogP contribution in [-0.4, -0.2) is 137 Å². The summed E-state index contributed by atoms with van der Waals surface area (Å²) >= 11 is 0. The molecule has 4 aromatic rings. The van der Waals surface area contributed by atoms with E-state index in [0.29, 0.717) is 62.3 Å². The van der Waals surface area contributed by atoms with Gasteiger partial charge in [0.05, 0.1) is 30.9 Å². The Kier molecular flexibility index (Phi) is 15.0. The van der Waals surface area contributed by atoms with Crippen LogP contribution in [0.5, 0.6) is 11.6 Å². The zero-order valence-corrected chi connectivity index (χ0v) is 41.1. The summed E-state index contributed by atoms with van der Waals surface area (Å²) in [6.07, 6.45) is 4.95. The zero-order chi connectivity index (χ0) is 49.2. The molecule has 3 aliphatic heterocycles. The summed E-state index contributed by atoms with van der Waals surface area (Å²) in [4.78, 5) is 79.4. The number of hydrazine groups is 1. The van der Waals surface area contributed by atoms with E-state index in [-0.39, 0.29) is 49.6 Å². The number of ether oxygens (including phenoxy) is 2. The molecular formula is C52H68N8O8. The molecule has 0 spiro atoms. The SMILES string of the molecule is C=CC(=O)N1CC[C@H](C(=O)N(C)[C@H](C(=O)N[C@H]2Cc3cc(O)cc(c3)-c3ccc4c(c3)c(c(-c3cc(CN(C)C)cnc3OC)n4CC)CC(C)(C)COC(=O)[C@@H]3CCCN(N3)C2=O)C(C)C)C1. The van der Waals surface area contributed by atoms with Gasteiger partial charge in [-0.15, -0.1) is 0 Å². The van der Waals surface area contributed by atoms with Crippen LogP contribution in [0.3, 0.4) is 0 Å². The van der Waals surface area contributed by atoms with E-state index in [4.69, 9.17) is 14.5 Å².